The average Bonchev–Trinajstić information content (AvgIpc) is 3.41. The van der Waals surface area contributed by atoms with Crippen molar-refractivity contribution >= 4 is 23.3 Å². The first-order chi connectivity index (χ1) is 14.5. The maximum Gasteiger partial charge on any atom is 0.374 e. The number of ether oxygens (including phenoxy) is 1. The van der Waals surface area contributed by atoms with Crippen molar-refractivity contribution in [2.75, 3.05) is 11.9 Å². The zero-order valence-corrected chi connectivity index (χ0v) is 15.9. The van der Waals surface area contributed by atoms with Crippen LogP contribution in [-0.4, -0.2) is 23.4 Å². The Balaban J connectivity index is 1.33. The summed E-state index contributed by atoms with van der Waals surface area (Å²) in [5.41, 5.74) is 3.75. The van der Waals surface area contributed by atoms with Crippen molar-refractivity contribution in [3.63, 3.8) is 0 Å². The number of carbonyl (C=O) groups excluding carboxylic acids is 2. The molecule has 2 aromatic carbocycles. The van der Waals surface area contributed by atoms with E-state index in [9.17, 15) is 19.7 Å². The maximum atomic E-state index is 12.2. The summed E-state index contributed by atoms with van der Waals surface area (Å²) in [5, 5.41) is 13.4. The van der Waals surface area contributed by atoms with Crippen LogP contribution in [0.2, 0.25) is 0 Å². The van der Waals surface area contributed by atoms with E-state index in [2.05, 4.69) is 5.32 Å². The average molecular weight is 406 g/mol. The maximum absolute atomic E-state index is 12.2. The first-order valence-corrected chi connectivity index (χ1v) is 9.43. The lowest BCUT2D eigenvalue weighted by atomic mass is 10.1. The largest absolute Gasteiger partial charge is 0.450 e. The number of furan rings is 1. The van der Waals surface area contributed by atoms with Gasteiger partial charge in [0.1, 0.15) is 5.76 Å². The monoisotopic (exact) mass is 406 g/mol. The molecule has 30 heavy (non-hydrogen) atoms. The van der Waals surface area contributed by atoms with Gasteiger partial charge in [-0.25, -0.2) is 4.79 Å². The van der Waals surface area contributed by atoms with Gasteiger partial charge in [-0.1, -0.05) is 6.07 Å². The molecule has 0 aliphatic heterocycles. The van der Waals surface area contributed by atoms with Gasteiger partial charge in [-0.2, -0.15) is 0 Å². The van der Waals surface area contributed by atoms with E-state index in [1.807, 2.05) is 18.2 Å². The summed E-state index contributed by atoms with van der Waals surface area (Å²) in [7, 11) is 0. The van der Waals surface area contributed by atoms with E-state index in [0.717, 1.165) is 19.3 Å². The zero-order valence-electron chi connectivity index (χ0n) is 15.9. The topological polar surface area (TPSA) is 112 Å². The van der Waals surface area contributed by atoms with Crippen molar-refractivity contribution in [1.29, 1.82) is 0 Å². The molecule has 0 saturated carbocycles. The zero-order chi connectivity index (χ0) is 21.1. The second-order valence-electron chi connectivity index (χ2n) is 6.93. The van der Waals surface area contributed by atoms with Gasteiger partial charge in [-0.05, 0) is 66.8 Å². The summed E-state index contributed by atoms with van der Waals surface area (Å²) in [6.45, 7) is -0.441. The molecule has 1 N–H and O–H groups in total. The summed E-state index contributed by atoms with van der Waals surface area (Å²) in [6.07, 6.45) is 3.19. The lowest BCUT2D eigenvalue weighted by Crippen LogP contribution is -2.20. The van der Waals surface area contributed by atoms with Gasteiger partial charge in [0.2, 0.25) is 5.76 Å². The molecule has 3 aromatic rings. The van der Waals surface area contributed by atoms with Crippen molar-refractivity contribution in [2.24, 2.45) is 0 Å². The number of non-ortho nitro benzene ring substituents is 1. The van der Waals surface area contributed by atoms with Crippen molar-refractivity contribution < 1.29 is 23.7 Å². The van der Waals surface area contributed by atoms with Crippen LogP contribution in [0.1, 0.15) is 28.1 Å². The number of nitro groups is 1. The number of amides is 1. The summed E-state index contributed by atoms with van der Waals surface area (Å²) in [4.78, 5) is 34.5. The summed E-state index contributed by atoms with van der Waals surface area (Å²) >= 11 is 0. The Morgan fingerprint density at radius 2 is 1.80 bits per heavy atom. The molecule has 152 valence electrons. The minimum absolute atomic E-state index is 0.0423. The molecule has 0 fully saturated rings. The van der Waals surface area contributed by atoms with Crippen LogP contribution in [0.25, 0.3) is 11.3 Å². The quantitative estimate of drug-likeness (QED) is 0.374. The number of hydrogen-bond donors (Lipinski definition) is 1. The minimum atomic E-state index is -0.771. The molecule has 8 nitrogen and oxygen atoms in total. The Labute approximate surface area is 171 Å². The van der Waals surface area contributed by atoms with Crippen LogP contribution in [0, 0.1) is 10.1 Å². The Kier molecular flexibility index (Phi) is 5.30. The molecule has 1 amide bonds. The van der Waals surface area contributed by atoms with Gasteiger partial charge < -0.3 is 14.5 Å². The molecule has 0 radical (unpaired) electrons. The predicted octanol–water partition coefficient (Wildman–Crippen LogP) is 4.14. The Hall–Kier alpha value is -3.94. The van der Waals surface area contributed by atoms with Crippen LogP contribution in [0.3, 0.4) is 0 Å². The van der Waals surface area contributed by atoms with Crippen molar-refractivity contribution in [3.05, 3.63) is 81.6 Å². The fourth-order valence-corrected chi connectivity index (χ4v) is 3.40. The summed E-state index contributed by atoms with van der Waals surface area (Å²) < 4.78 is 10.5. The second-order valence-corrected chi connectivity index (χ2v) is 6.93. The SMILES string of the molecule is O=C(COC(=O)c1ccc(-c2ccc([N+](=O)[O-])cc2)o1)Nc1ccc2c(c1)CCC2. The number of nitrogens with one attached hydrogen (secondary N) is 1. The third-order valence-corrected chi connectivity index (χ3v) is 4.89. The smallest absolute Gasteiger partial charge is 0.374 e. The minimum Gasteiger partial charge on any atom is -0.450 e. The molecule has 1 aliphatic carbocycles. The molecule has 1 aliphatic rings. The number of benzene rings is 2. The number of anilines is 1. The van der Waals surface area contributed by atoms with Crippen molar-refractivity contribution in [3.8, 4) is 11.3 Å². The van der Waals surface area contributed by atoms with E-state index in [1.54, 1.807) is 6.07 Å². The Bertz CT molecular complexity index is 1120. The molecular formula is C22H18N2O6. The lowest BCUT2D eigenvalue weighted by molar-refractivity contribution is -0.384. The number of carbonyl (C=O) groups is 2. The van der Waals surface area contributed by atoms with Crippen LogP contribution in [0.4, 0.5) is 11.4 Å². The van der Waals surface area contributed by atoms with Crippen LogP contribution in [0.5, 0.6) is 0 Å². The highest BCUT2D eigenvalue weighted by Crippen LogP contribution is 2.26. The first-order valence-electron chi connectivity index (χ1n) is 9.43. The number of esters is 1. The van der Waals surface area contributed by atoms with E-state index in [0.29, 0.717) is 17.0 Å². The molecule has 1 heterocycles. The van der Waals surface area contributed by atoms with Gasteiger partial charge in [0.25, 0.3) is 11.6 Å². The molecule has 1 aromatic heterocycles. The first kappa shape index (κ1) is 19.4. The number of rotatable bonds is 6. The second kappa shape index (κ2) is 8.20. The summed E-state index contributed by atoms with van der Waals surface area (Å²) in [5.74, 6) is -0.913. The van der Waals surface area contributed by atoms with Gasteiger partial charge in [-0.3, -0.25) is 14.9 Å². The van der Waals surface area contributed by atoms with E-state index in [4.69, 9.17) is 9.15 Å². The lowest BCUT2D eigenvalue weighted by Gasteiger charge is -2.07. The fourth-order valence-electron chi connectivity index (χ4n) is 3.40. The van der Waals surface area contributed by atoms with Gasteiger partial charge in [0.05, 0.1) is 4.92 Å². The van der Waals surface area contributed by atoms with Crippen LogP contribution < -0.4 is 5.32 Å². The molecule has 8 heteroatoms. The van der Waals surface area contributed by atoms with E-state index in [1.165, 1.54) is 41.5 Å². The van der Waals surface area contributed by atoms with Crippen LogP contribution in [0.15, 0.2) is 59.0 Å². The fraction of sp³-hybridized carbons (Fsp3) is 0.182. The molecular weight excluding hydrogens is 388 g/mol. The molecule has 0 saturated heterocycles. The standard InChI is InChI=1S/C22H18N2O6/c25-21(23-17-7-4-14-2-1-3-16(14)12-17)13-29-22(26)20-11-10-19(30-20)15-5-8-18(9-6-15)24(27)28/h4-12H,1-3,13H2,(H,23,25). The molecule has 0 unspecified atom stereocenters. The number of nitrogens with zero attached hydrogens (tertiary/aromatic N) is 1. The van der Waals surface area contributed by atoms with Crippen molar-refractivity contribution in [1.82, 2.24) is 0 Å². The van der Waals surface area contributed by atoms with Gasteiger partial charge in [0, 0.05) is 23.4 Å². The van der Waals surface area contributed by atoms with E-state index in [-0.39, 0.29) is 11.4 Å². The summed E-state index contributed by atoms with van der Waals surface area (Å²) in [6, 6.07) is 14.5. The van der Waals surface area contributed by atoms with Crippen LogP contribution in [-0.2, 0) is 22.4 Å². The van der Waals surface area contributed by atoms with Gasteiger partial charge >= 0.3 is 5.97 Å². The highest BCUT2D eigenvalue weighted by Gasteiger charge is 2.17. The van der Waals surface area contributed by atoms with Gasteiger partial charge in [0.15, 0.2) is 6.61 Å². The number of fused-ring (bicyclic) bond motifs is 1. The van der Waals surface area contributed by atoms with Gasteiger partial charge in [-0.15, -0.1) is 0 Å². The molecule has 0 bridgehead atoms. The highest BCUT2D eigenvalue weighted by atomic mass is 16.6. The molecule has 0 spiro atoms. The normalized spacial score (nSPS) is 12.3. The number of hydrogen-bond acceptors (Lipinski definition) is 6. The Morgan fingerprint density at radius 3 is 2.57 bits per heavy atom. The number of aryl methyl sites for hydroxylation is 2. The van der Waals surface area contributed by atoms with E-state index < -0.39 is 23.4 Å². The number of nitro benzene ring substituents is 1. The highest BCUT2D eigenvalue weighted by molar-refractivity contribution is 5.94. The Morgan fingerprint density at radius 1 is 1.03 bits per heavy atom. The molecule has 4 rings (SSSR count). The van der Waals surface area contributed by atoms with E-state index >= 15 is 0 Å². The van der Waals surface area contributed by atoms with Crippen molar-refractivity contribution in [2.45, 2.75) is 19.3 Å². The van der Waals surface area contributed by atoms with Crippen LogP contribution >= 0.6 is 0 Å². The molecule has 0 atom stereocenters. The third kappa shape index (κ3) is 4.22. The third-order valence-electron chi connectivity index (χ3n) is 4.89. The predicted molar refractivity (Wildman–Crippen MR) is 108 cm³/mol.